The van der Waals surface area contributed by atoms with E-state index in [2.05, 4.69) is 0 Å². The van der Waals surface area contributed by atoms with Crippen molar-refractivity contribution < 1.29 is 18.8 Å². The molecule has 3 nitrogen and oxygen atoms in total. The average Bonchev–Trinajstić information content (AvgIpc) is 2.14. The molecule has 0 bridgehead atoms. The molecule has 0 fully saturated rings. The second-order valence-electron chi connectivity index (χ2n) is 2.78. The van der Waals surface area contributed by atoms with E-state index >= 15 is 0 Å². The van der Waals surface area contributed by atoms with Crippen molar-refractivity contribution in [2.75, 3.05) is 6.61 Å². The molecule has 78 valence electrons. The summed E-state index contributed by atoms with van der Waals surface area (Å²) in [5.74, 6) is -0.562. The number of carbonyl (C=O) groups is 1. The summed E-state index contributed by atoms with van der Waals surface area (Å²) in [4.78, 5) is 11.2. The molecule has 0 rings (SSSR count). The van der Waals surface area contributed by atoms with E-state index in [4.69, 9.17) is 14.0 Å². The van der Waals surface area contributed by atoms with Gasteiger partial charge in [-0.2, -0.15) is 0 Å². The summed E-state index contributed by atoms with van der Waals surface area (Å²) >= 11 is 0. The van der Waals surface area contributed by atoms with Gasteiger partial charge < -0.3 is 9.84 Å². The van der Waals surface area contributed by atoms with E-state index in [-0.39, 0.29) is 25.9 Å². The first kappa shape index (κ1) is 7.80. The van der Waals surface area contributed by atoms with Crippen molar-refractivity contribution in [2.45, 2.75) is 52.0 Å². The van der Waals surface area contributed by atoms with Crippen molar-refractivity contribution in [3.8, 4) is 0 Å². The van der Waals surface area contributed by atoms with Crippen LogP contribution >= 0.6 is 0 Å². The quantitative estimate of drug-likeness (QED) is 0.625. The van der Waals surface area contributed by atoms with Gasteiger partial charge in [0.1, 0.15) is 0 Å². The maximum absolute atomic E-state index is 11.2. The number of hydrogen-bond donors (Lipinski definition) is 1. The number of rotatable bonds is 7. The maximum Gasteiger partial charge on any atom is 0.306 e. The lowest BCUT2D eigenvalue weighted by Crippen LogP contribution is -2.14. The monoisotopic (exact) mass is 191 g/mol. The van der Waals surface area contributed by atoms with Crippen LogP contribution in [0.1, 0.15) is 50.0 Å². The van der Waals surface area contributed by atoms with E-state index in [1.807, 2.05) is 6.92 Å². The first-order valence-electron chi connectivity index (χ1n) is 6.09. The van der Waals surface area contributed by atoms with E-state index in [1.54, 1.807) is 0 Å². The van der Waals surface area contributed by atoms with E-state index in [9.17, 15) is 4.79 Å². The molecule has 3 heteroatoms. The summed E-state index contributed by atoms with van der Waals surface area (Å²) in [5, 5.41) is 8.63. The Kier molecular flexibility index (Phi) is 4.83. The molecule has 1 N–H and O–H groups in total. The molecule has 0 aromatic heterocycles. The minimum atomic E-state index is -1.96. The fourth-order valence-corrected chi connectivity index (χ4v) is 0.805. The lowest BCUT2D eigenvalue weighted by atomic mass is 10.2. The highest BCUT2D eigenvalue weighted by atomic mass is 16.5. The van der Waals surface area contributed by atoms with Crippen molar-refractivity contribution in [3.63, 3.8) is 0 Å². The van der Waals surface area contributed by atoms with Gasteiger partial charge in [0.25, 0.3) is 0 Å². The molecule has 0 aromatic rings. The summed E-state index contributed by atoms with van der Waals surface area (Å²) < 4.78 is 27.8. The fraction of sp³-hybridized carbons (Fsp3) is 0.900. The topological polar surface area (TPSA) is 46.5 Å². The molecule has 0 aliphatic heterocycles. The lowest BCUT2D eigenvalue weighted by molar-refractivity contribution is -0.148. The Morgan fingerprint density at radius 2 is 2.38 bits per heavy atom. The van der Waals surface area contributed by atoms with Crippen LogP contribution in [0, 0.1) is 0 Å². The highest BCUT2D eigenvalue weighted by molar-refractivity contribution is 5.69. The van der Waals surface area contributed by atoms with Crippen LogP contribution in [0.2, 0.25) is 0 Å². The first-order valence-corrected chi connectivity index (χ1v) is 4.59. The molecule has 0 heterocycles. The molecular formula is C10H20O3. The molecule has 0 radical (unpaired) electrons. The van der Waals surface area contributed by atoms with Crippen LogP contribution in [-0.4, -0.2) is 23.8 Å². The zero-order chi connectivity index (χ0) is 12.8. The minimum Gasteiger partial charge on any atom is -0.463 e. The Balaban J connectivity index is 4.43. The van der Waals surface area contributed by atoms with E-state index < -0.39 is 18.4 Å². The Labute approximate surface area is 84.3 Å². The Morgan fingerprint density at radius 1 is 1.69 bits per heavy atom. The summed E-state index contributed by atoms with van der Waals surface area (Å²) in [6.45, 7) is 2.90. The highest BCUT2D eigenvalue weighted by Crippen LogP contribution is 2.05. The molecule has 0 saturated carbocycles. The number of carbonyl (C=O) groups excluding carboxylic acids is 1. The molecule has 0 unspecified atom stereocenters. The van der Waals surface area contributed by atoms with Gasteiger partial charge in [-0.1, -0.05) is 6.92 Å². The number of aliphatic hydroxyl groups is 1. The van der Waals surface area contributed by atoms with Gasteiger partial charge in [0.15, 0.2) is 0 Å². The normalized spacial score (nSPS) is 19.5. The standard InChI is InChI=1S/C10H20O3/c1-3-6-10(12)13-9(2)7-4-5-8-11/h9,11H,3-8H2,1-2H3/t9-/m1/s1/i7D2,9D. The van der Waals surface area contributed by atoms with Gasteiger partial charge in [-0.25, -0.2) is 0 Å². The third kappa shape index (κ3) is 7.78. The Bertz CT molecular complexity index is 229. The molecular weight excluding hydrogens is 168 g/mol. The number of ether oxygens (including phenoxy) is 1. The van der Waals surface area contributed by atoms with Crippen LogP contribution in [-0.2, 0) is 9.53 Å². The van der Waals surface area contributed by atoms with Gasteiger partial charge >= 0.3 is 5.97 Å². The van der Waals surface area contributed by atoms with Gasteiger partial charge in [-0.15, -0.1) is 0 Å². The van der Waals surface area contributed by atoms with Crippen LogP contribution in [0.5, 0.6) is 0 Å². The van der Waals surface area contributed by atoms with Crippen LogP contribution in [0.3, 0.4) is 0 Å². The SMILES string of the molecule is [2H]C([2H])(CCCO)[C@@]([2H])(C)OC(=O)CCC. The molecule has 0 aliphatic carbocycles. The summed E-state index contributed by atoms with van der Waals surface area (Å²) in [6, 6.07) is 0. The molecule has 0 amide bonds. The number of hydrogen-bond acceptors (Lipinski definition) is 3. The Morgan fingerprint density at radius 3 is 2.92 bits per heavy atom. The predicted octanol–water partition coefficient (Wildman–Crippen LogP) is 1.88. The minimum absolute atomic E-state index is 0.0110. The third-order valence-electron chi connectivity index (χ3n) is 1.43. The second-order valence-corrected chi connectivity index (χ2v) is 2.78. The van der Waals surface area contributed by atoms with Gasteiger partial charge in [-0.3, -0.25) is 4.79 Å². The summed E-state index contributed by atoms with van der Waals surface area (Å²) in [7, 11) is 0. The maximum atomic E-state index is 11.2. The zero-order valence-electron chi connectivity index (χ0n) is 11.3. The zero-order valence-corrected chi connectivity index (χ0v) is 8.30. The van der Waals surface area contributed by atoms with E-state index in [0.29, 0.717) is 6.42 Å². The van der Waals surface area contributed by atoms with Crippen LogP contribution < -0.4 is 0 Å². The molecule has 0 aromatic carbocycles. The van der Waals surface area contributed by atoms with Crippen molar-refractivity contribution in [1.29, 1.82) is 0 Å². The van der Waals surface area contributed by atoms with Gasteiger partial charge in [-0.05, 0) is 32.6 Å². The van der Waals surface area contributed by atoms with Gasteiger partial charge in [0.2, 0.25) is 0 Å². The highest BCUT2D eigenvalue weighted by Gasteiger charge is 2.07. The number of aliphatic hydroxyl groups excluding tert-OH is 1. The molecule has 1 atom stereocenters. The molecule has 13 heavy (non-hydrogen) atoms. The smallest absolute Gasteiger partial charge is 0.306 e. The molecule has 0 saturated heterocycles. The lowest BCUT2D eigenvalue weighted by Gasteiger charge is -2.12. The van der Waals surface area contributed by atoms with Crippen LogP contribution in [0.4, 0.5) is 0 Å². The van der Waals surface area contributed by atoms with Gasteiger partial charge in [0.05, 0.1) is 7.45 Å². The van der Waals surface area contributed by atoms with Crippen molar-refractivity contribution in [2.24, 2.45) is 0 Å². The van der Waals surface area contributed by atoms with E-state index in [1.165, 1.54) is 6.92 Å². The average molecular weight is 191 g/mol. The van der Waals surface area contributed by atoms with Crippen LogP contribution in [0.25, 0.3) is 0 Å². The van der Waals surface area contributed by atoms with E-state index in [0.717, 1.165) is 0 Å². The van der Waals surface area contributed by atoms with Gasteiger partial charge in [0, 0.05) is 15.8 Å². The predicted molar refractivity (Wildman–Crippen MR) is 51.4 cm³/mol. The number of esters is 1. The summed E-state index contributed by atoms with van der Waals surface area (Å²) in [6.07, 6.45) is -2.84. The summed E-state index contributed by atoms with van der Waals surface area (Å²) in [5.41, 5.74) is 0. The molecule has 0 aliphatic rings. The Hall–Kier alpha value is -0.570. The van der Waals surface area contributed by atoms with Crippen molar-refractivity contribution in [3.05, 3.63) is 0 Å². The first-order chi connectivity index (χ1) is 7.27. The largest absolute Gasteiger partial charge is 0.463 e. The third-order valence-corrected chi connectivity index (χ3v) is 1.43. The van der Waals surface area contributed by atoms with Crippen molar-refractivity contribution >= 4 is 5.97 Å². The second kappa shape index (κ2) is 8.05. The fourth-order valence-electron chi connectivity index (χ4n) is 0.805. The molecule has 0 spiro atoms. The van der Waals surface area contributed by atoms with Crippen LogP contribution in [0.15, 0.2) is 0 Å². The van der Waals surface area contributed by atoms with Crippen molar-refractivity contribution in [1.82, 2.24) is 0 Å².